The van der Waals surface area contributed by atoms with Crippen LogP contribution in [0, 0.1) is 0 Å². The van der Waals surface area contributed by atoms with Crippen LogP contribution in [0.4, 0.5) is 13.2 Å². The molecule has 0 saturated carbocycles. The molecular weight excluding hydrogens is 309 g/mol. The van der Waals surface area contributed by atoms with Gasteiger partial charge in [0.1, 0.15) is 5.82 Å². The second kappa shape index (κ2) is 5.38. The summed E-state index contributed by atoms with van der Waals surface area (Å²) in [7, 11) is 0. The van der Waals surface area contributed by atoms with Crippen LogP contribution in [-0.2, 0) is 0 Å². The molecule has 0 fully saturated rings. The van der Waals surface area contributed by atoms with E-state index in [4.69, 9.17) is 5.73 Å². The monoisotopic (exact) mass is 320 g/mol. The summed E-state index contributed by atoms with van der Waals surface area (Å²) < 4.78 is 42.1. The Balaban J connectivity index is 2.30. The van der Waals surface area contributed by atoms with Crippen LogP contribution in [0.15, 0.2) is 48.8 Å². The summed E-state index contributed by atoms with van der Waals surface area (Å²) in [6.45, 7) is 0. The van der Waals surface area contributed by atoms with Crippen LogP contribution in [0.3, 0.4) is 0 Å². The van der Waals surface area contributed by atoms with Crippen LogP contribution in [0.1, 0.15) is 27.9 Å². The number of carbonyl (C=O) groups excluding carboxylic acids is 1. The largest absolute Gasteiger partial charge is 0.404 e. The van der Waals surface area contributed by atoms with Gasteiger partial charge in [0, 0.05) is 12.4 Å². The Labute approximate surface area is 128 Å². The van der Waals surface area contributed by atoms with E-state index in [2.05, 4.69) is 9.97 Å². The normalized spacial score (nSPS) is 13.2. The molecule has 0 aliphatic carbocycles. The Morgan fingerprint density at radius 1 is 1.17 bits per heavy atom. The molecule has 118 valence electrons. The van der Waals surface area contributed by atoms with Crippen molar-refractivity contribution in [2.75, 3.05) is 0 Å². The van der Waals surface area contributed by atoms with E-state index in [0.717, 1.165) is 0 Å². The van der Waals surface area contributed by atoms with Crippen LogP contribution in [0.25, 0.3) is 5.52 Å². The molecule has 0 aliphatic rings. The van der Waals surface area contributed by atoms with Crippen molar-refractivity contribution in [1.82, 2.24) is 14.4 Å². The third kappa shape index (κ3) is 2.63. The van der Waals surface area contributed by atoms with Crippen LogP contribution in [-0.4, -0.2) is 26.5 Å². The molecule has 8 heteroatoms. The van der Waals surface area contributed by atoms with E-state index in [1.165, 1.54) is 41.1 Å². The quantitative estimate of drug-likeness (QED) is 0.806. The fourth-order valence-electron chi connectivity index (χ4n) is 2.44. The lowest BCUT2D eigenvalue weighted by molar-refractivity contribution is -0.143. The maximum atomic E-state index is 13.6. The third-order valence-corrected chi connectivity index (χ3v) is 3.38. The Bertz CT molecular complexity index is 858. The van der Waals surface area contributed by atoms with E-state index in [1.54, 1.807) is 12.1 Å². The number of rotatable bonds is 3. The number of hydrogen-bond acceptors (Lipinski definition) is 3. The summed E-state index contributed by atoms with van der Waals surface area (Å²) in [4.78, 5) is 19.1. The minimum Gasteiger partial charge on any atom is -0.364 e. The second-order valence-corrected chi connectivity index (χ2v) is 4.87. The number of hydrogen-bond donors (Lipinski definition) is 1. The summed E-state index contributed by atoms with van der Waals surface area (Å²) in [5.74, 6) is -3.30. The predicted molar refractivity (Wildman–Crippen MR) is 75.8 cm³/mol. The molecule has 3 heterocycles. The highest BCUT2D eigenvalue weighted by atomic mass is 19.4. The first-order valence-corrected chi connectivity index (χ1v) is 6.64. The number of halogens is 3. The second-order valence-electron chi connectivity index (χ2n) is 4.87. The van der Waals surface area contributed by atoms with Crippen molar-refractivity contribution < 1.29 is 18.0 Å². The fraction of sp³-hybridized carbons (Fsp3) is 0.133. The molecule has 3 rings (SSSR count). The Hall–Kier alpha value is -2.90. The predicted octanol–water partition coefficient (Wildman–Crippen LogP) is 2.52. The minimum absolute atomic E-state index is 0.202. The summed E-state index contributed by atoms with van der Waals surface area (Å²) >= 11 is 0. The highest BCUT2D eigenvalue weighted by Crippen LogP contribution is 2.39. The molecule has 0 aliphatic heterocycles. The van der Waals surface area contributed by atoms with Gasteiger partial charge in [-0.2, -0.15) is 13.2 Å². The molecule has 0 aromatic carbocycles. The Morgan fingerprint density at radius 2 is 1.91 bits per heavy atom. The molecule has 5 nitrogen and oxygen atoms in total. The highest BCUT2D eigenvalue weighted by molar-refractivity contribution is 5.98. The highest BCUT2D eigenvalue weighted by Gasteiger charge is 2.46. The standard InChI is InChI=1S/C15H11F3N4O/c16-15(17,18)11(9-5-1-3-7-20-9)14-21-12(13(19)23)10-6-2-4-8-22(10)14/h1-8,11H,(H2,19,23). The van der Waals surface area contributed by atoms with Gasteiger partial charge in [-0.25, -0.2) is 4.98 Å². The molecule has 3 aromatic heterocycles. The first-order chi connectivity index (χ1) is 10.9. The summed E-state index contributed by atoms with van der Waals surface area (Å²) in [5.41, 5.74) is 5.05. The van der Waals surface area contributed by atoms with Gasteiger partial charge in [-0.3, -0.25) is 9.78 Å². The van der Waals surface area contributed by atoms with Gasteiger partial charge in [0.25, 0.3) is 5.91 Å². The number of aromatic nitrogens is 3. The van der Waals surface area contributed by atoms with E-state index < -0.39 is 18.0 Å². The summed E-state index contributed by atoms with van der Waals surface area (Å²) in [6, 6.07) is 8.89. The number of amides is 1. The van der Waals surface area contributed by atoms with Gasteiger partial charge in [0.05, 0.1) is 11.2 Å². The molecule has 23 heavy (non-hydrogen) atoms. The van der Waals surface area contributed by atoms with Gasteiger partial charge in [0.2, 0.25) is 0 Å². The van der Waals surface area contributed by atoms with Gasteiger partial charge in [-0.1, -0.05) is 12.1 Å². The molecule has 0 saturated heterocycles. The number of imidazole rings is 1. The number of carbonyl (C=O) groups is 1. The maximum absolute atomic E-state index is 13.6. The topological polar surface area (TPSA) is 73.3 Å². The molecule has 0 bridgehead atoms. The van der Waals surface area contributed by atoms with Crippen molar-refractivity contribution >= 4 is 11.4 Å². The third-order valence-electron chi connectivity index (χ3n) is 3.38. The van der Waals surface area contributed by atoms with Gasteiger partial charge in [-0.15, -0.1) is 0 Å². The number of nitrogens with two attached hydrogens (primary N) is 1. The van der Waals surface area contributed by atoms with Crippen molar-refractivity contribution in [2.45, 2.75) is 12.1 Å². The van der Waals surface area contributed by atoms with Crippen molar-refractivity contribution in [2.24, 2.45) is 5.73 Å². The number of primary amides is 1. The van der Waals surface area contributed by atoms with E-state index in [0.29, 0.717) is 0 Å². The number of fused-ring (bicyclic) bond motifs is 1. The smallest absolute Gasteiger partial charge is 0.364 e. The lowest BCUT2D eigenvalue weighted by atomic mass is 10.0. The molecule has 2 N–H and O–H groups in total. The first kappa shape index (κ1) is 15.0. The number of nitrogens with zero attached hydrogens (tertiary/aromatic N) is 3. The lowest BCUT2D eigenvalue weighted by Crippen LogP contribution is -2.25. The van der Waals surface area contributed by atoms with Crippen molar-refractivity contribution in [3.05, 3.63) is 66.0 Å². The average molecular weight is 320 g/mol. The maximum Gasteiger partial charge on any atom is 0.404 e. The molecule has 1 amide bonds. The van der Waals surface area contributed by atoms with Crippen LogP contribution in [0.5, 0.6) is 0 Å². The van der Waals surface area contributed by atoms with Crippen molar-refractivity contribution in [3.8, 4) is 0 Å². The van der Waals surface area contributed by atoms with Crippen LogP contribution >= 0.6 is 0 Å². The van der Waals surface area contributed by atoms with Crippen molar-refractivity contribution in [3.63, 3.8) is 0 Å². The molecule has 1 unspecified atom stereocenters. The van der Waals surface area contributed by atoms with E-state index in [-0.39, 0.29) is 22.7 Å². The minimum atomic E-state index is -4.62. The zero-order valence-electron chi connectivity index (χ0n) is 11.7. The first-order valence-electron chi connectivity index (χ1n) is 6.64. The zero-order chi connectivity index (χ0) is 16.6. The SMILES string of the molecule is NC(=O)c1nc(C(c2ccccn2)C(F)(F)F)n2ccccc12. The molecule has 3 aromatic rings. The van der Waals surface area contributed by atoms with Gasteiger partial charge in [-0.05, 0) is 24.3 Å². The molecule has 1 atom stereocenters. The summed E-state index contributed by atoms with van der Waals surface area (Å²) in [5, 5.41) is 0. The Kier molecular flexibility index (Phi) is 3.51. The molecule has 0 spiro atoms. The van der Waals surface area contributed by atoms with Crippen LogP contribution < -0.4 is 5.73 Å². The molecule has 0 radical (unpaired) electrons. The van der Waals surface area contributed by atoms with E-state index in [9.17, 15) is 18.0 Å². The van der Waals surface area contributed by atoms with Crippen molar-refractivity contribution in [1.29, 1.82) is 0 Å². The van der Waals surface area contributed by atoms with E-state index >= 15 is 0 Å². The number of alkyl halides is 3. The van der Waals surface area contributed by atoms with Gasteiger partial charge in [0.15, 0.2) is 11.6 Å². The summed E-state index contributed by atoms with van der Waals surface area (Å²) in [6.07, 6.45) is -1.94. The van der Waals surface area contributed by atoms with Gasteiger partial charge >= 0.3 is 6.18 Å². The van der Waals surface area contributed by atoms with Gasteiger partial charge < -0.3 is 10.1 Å². The zero-order valence-corrected chi connectivity index (χ0v) is 11.7. The van der Waals surface area contributed by atoms with E-state index in [1.807, 2.05) is 0 Å². The number of pyridine rings is 2. The fourth-order valence-corrected chi connectivity index (χ4v) is 2.44. The average Bonchev–Trinajstić information content (AvgIpc) is 2.87. The lowest BCUT2D eigenvalue weighted by Gasteiger charge is -2.18. The Morgan fingerprint density at radius 3 is 2.52 bits per heavy atom. The van der Waals surface area contributed by atoms with Crippen LogP contribution in [0.2, 0.25) is 0 Å². The molecular formula is C15H11F3N4O.